The van der Waals surface area contributed by atoms with Crippen molar-refractivity contribution in [1.29, 1.82) is 0 Å². The number of ether oxygens (including phenoxy) is 1. The summed E-state index contributed by atoms with van der Waals surface area (Å²) < 4.78 is 5.87. The molecule has 3 N–H and O–H groups in total. The molecule has 3 atom stereocenters. The zero-order valence-corrected chi connectivity index (χ0v) is 14.9. The molecule has 0 spiro atoms. The summed E-state index contributed by atoms with van der Waals surface area (Å²) in [6.07, 6.45) is 6.08. The van der Waals surface area contributed by atoms with Crippen LogP contribution in [0.3, 0.4) is 0 Å². The minimum Gasteiger partial charge on any atom is -0.373 e. The van der Waals surface area contributed by atoms with Gasteiger partial charge < -0.3 is 20.7 Å². The van der Waals surface area contributed by atoms with Crippen LogP contribution < -0.4 is 16.0 Å². The van der Waals surface area contributed by atoms with Crippen LogP contribution in [0.1, 0.15) is 38.2 Å². The van der Waals surface area contributed by atoms with Gasteiger partial charge in [0, 0.05) is 19.2 Å². The van der Waals surface area contributed by atoms with Gasteiger partial charge in [-0.25, -0.2) is 4.98 Å². The van der Waals surface area contributed by atoms with Gasteiger partial charge in [-0.15, -0.1) is 0 Å². The van der Waals surface area contributed by atoms with Gasteiger partial charge in [-0.1, -0.05) is 6.07 Å². The highest BCUT2D eigenvalue weighted by atomic mass is 16.5. The van der Waals surface area contributed by atoms with Crippen LogP contribution in [0.4, 0.5) is 5.82 Å². The molecule has 3 heterocycles. The summed E-state index contributed by atoms with van der Waals surface area (Å²) in [6, 6.07) is 4.05. The average Bonchev–Trinajstić information content (AvgIpc) is 3.20. The molecule has 1 amide bonds. The van der Waals surface area contributed by atoms with Crippen LogP contribution in [0, 0.1) is 6.92 Å². The minimum atomic E-state index is -0.0841. The molecule has 3 unspecified atom stereocenters. The van der Waals surface area contributed by atoms with E-state index < -0.39 is 0 Å². The summed E-state index contributed by atoms with van der Waals surface area (Å²) in [5.41, 5.74) is 1.06. The first kappa shape index (κ1) is 17.7. The standard InChI is InChI=1S/C18H27N5O2/c1-3-19-18(22-14-10-13-5-6-15(14)25-13)20-9-8-17(24)23-16-7-4-12(2)11-21-16/h4,7,11,13-15H,3,5-6,8-10H2,1-2H3,(H2,19,20,22)(H,21,23,24). The van der Waals surface area contributed by atoms with E-state index in [4.69, 9.17) is 4.74 Å². The molecule has 2 aliphatic rings. The molecule has 1 aromatic rings. The Labute approximate surface area is 148 Å². The van der Waals surface area contributed by atoms with E-state index >= 15 is 0 Å². The number of guanidine groups is 1. The van der Waals surface area contributed by atoms with E-state index in [0.29, 0.717) is 37.0 Å². The van der Waals surface area contributed by atoms with E-state index in [1.54, 1.807) is 12.3 Å². The van der Waals surface area contributed by atoms with Crippen LogP contribution >= 0.6 is 0 Å². The topological polar surface area (TPSA) is 87.6 Å². The number of nitrogens with one attached hydrogen (secondary N) is 3. The fourth-order valence-electron chi connectivity index (χ4n) is 3.30. The van der Waals surface area contributed by atoms with Crippen LogP contribution in [0.15, 0.2) is 23.3 Å². The highest BCUT2D eigenvalue weighted by Crippen LogP contribution is 2.34. The molecule has 2 fully saturated rings. The number of fused-ring (bicyclic) bond motifs is 2. The van der Waals surface area contributed by atoms with Crippen LogP contribution in [0.25, 0.3) is 0 Å². The highest BCUT2D eigenvalue weighted by Gasteiger charge is 2.41. The summed E-state index contributed by atoms with van der Waals surface area (Å²) in [7, 11) is 0. The first-order valence-corrected chi connectivity index (χ1v) is 9.07. The van der Waals surface area contributed by atoms with E-state index in [1.165, 1.54) is 6.42 Å². The van der Waals surface area contributed by atoms with Gasteiger partial charge in [0.2, 0.25) is 5.91 Å². The molecular formula is C18H27N5O2. The minimum absolute atomic E-state index is 0.0841. The lowest BCUT2D eigenvalue weighted by Crippen LogP contribution is -2.47. The van der Waals surface area contributed by atoms with Crippen molar-refractivity contribution in [3.05, 3.63) is 23.9 Å². The molecule has 2 saturated heterocycles. The van der Waals surface area contributed by atoms with Gasteiger partial charge in [0.15, 0.2) is 5.96 Å². The maximum Gasteiger partial charge on any atom is 0.227 e. The maximum absolute atomic E-state index is 12.0. The van der Waals surface area contributed by atoms with Gasteiger partial charge in [0.05, 0.1) is 24.8 Å². The number of anilines is 1. The van der Waals surface area contributed by atoms with Gasteiger partial charge >= 0.3 is 0 Å². The van der Waals surface area contributed by atoms with Gasteiger partial charge in [0.25, 0.3) is 0 Å². The van der Waals surface area contributed by atoms with Crippen molar-refractivity contribution in [1.82, 2.24) is 15.6 Å². The lowest BCUT2D eigenvalue weighted by molar-refractivity contribution is -0.116. The lowest BCUT2D eigenvalue weighted by Gasteiger charge is -2.22. The zero-order chi connectivity index (χ0) is 17.6. The van der Waals surface area contributed by atoms with Crippen LogP contribution in [-0.4, -0.2) is 48.2 Å². The predicted octanol–water partition coefficient (Wildman–Crippen LogP) is 1.59. The SMILES string of the molecule is CCNC(=NCCC(=O)Nc1ccc(C)cn1)NC1CC2CCC1O2. The summed E-state index contributed by atoms with van der Waals surface area (Å²) in [6.45, 7) is 5.20. The van der Waals surface area contributed by atoms with E-state index in [1.807, 2.05) is 19.9 Å². The molecule has 0 saturated carbocycles. The summed E-state index contributed by atoms with van der Waals surface area (Å²) >= 11 is 0. The van der Waals surface area contributed by atoms with Gasteiger partial charge in [-0.2, -0.15) is 0 Å². The van der Waals surface area contributed by atoms with Crippen molar-refractivity contribution >= 4 is 17.7 Å². The number of pyridine rings is 1. The third-order valence-corrected chi connectivity index (χ3v) is 4.56. The fourth-order valence-corrected chi connectivity index (χ4v) is 3.30. The molecule has 1 aromatic heterocycles. The molecule has 2 bridgehead atoms. The summed E-state index contributed by atoms with van der Waals surface area (Å²) in [4.78, 5) is 20.7. The van der Waals surface area contributed by atoms with E-state index in [2.05, 4.69) is 25.9 Å². The molecule has 0 radical (unpaired) electrons. The lowest BCUT2D eigenvalue weighted by atomic mass is 9.96. The molecule has 3 rings (SSSR count). The number of aryl methyl sites for hydroxylation is 1. The Morgan fingerprint density at radius 2 is 2.28 bits per heavy atom. The fraction of sp³-hybridized carbons (Fsp3) is 0.611. The molecule has 25 heavy (non-hydrogen) atoms. The number of aliphatic imine (C=N–C) groups is 1. The first-order chi connectivity index (χ1) is 12.1. The van der Waals surface area contributed by atoms with Crippen molar-refractivity contribution in [2.45, 2.75) is 57.8 Å². The number of hydrogen-bond donors (Lipinski definition) is 3. The Morgan fingerprint density at radius 3 is 2.92 bits per heavy atom. The highest BCUT2D eigenvalue weighted by molar-refractivity contribution is 5.90. The van der Waals surface area contributed by atoms with Crippen molar-refractivity contribution in [3.8, 4) is 0 Å². The Hall–Kier alpha value is -2.15. The summed E-state index contributed by atoms with van der Waals surface area (Å²) in [5.74, 6) is 1.24. The Balaban J connectivity index is 1.46. The maximum atomic E-state index is 12.0. The molecule has 0 aromatic carbocycles. The van der Waals surface area contributed by atoms with Crippen molar-refractivity contribution in [3.63, 3.8) is 0 Å². The van der Waals surface area contributed by atoms with Gasteiger partial charge in [-0.05, 0) is 44.7 Å². The second kappa shape index (κ2) is 8.29. The number of carbonyl (C=O) groups is 1. The van der Waals surface area contributed by atoms with E-state index in [9.17, 15) is 4.79 Å². The van der Waals surface area contributed by atoms with Gasteiger partial charge in [-0.3, -0.25) is 9.79 Å². The molecule has 7 heteroatoms. The van der Waals surface area contributed by atoms with Crippen LogP contribution in [0.5, 0.6) is 0 Å². The van der Waals surface area contributed by atoms with E-state index in [0.717, 1.165) is 30.9 Å². The number of rotatable bonds is 6. The molecule has 7 nitrogen and oxygen atoms in total. The third-order valence-electron chi connectivity index (χ3n) is 4.56. The first-order valence-electron chi connectivity index (χ1n) is 9.07. The normalized spacial score (nSPS) is 25.0. The predicted molar refractivity (Wildman–Crippen MR) is 97.6 cm³/mol. The van der Waals surface area contributed by atoms with Crippen LogP contribution in [-0.2, 0) is 9.53 Å². The van der Waals surface area contributed by atoms with Crippen LogP contribution in [0.2, 0.25) is 0 Å². The monoisotopic (exact) mass is 345 g/mol. The van der Waals surface area contributed by atoms with Gasteiger partial charge in [0.1, 0.15) is 5.82 Å². The number of carbonyl (C=O) groups excluding carboxylic acids is 1. The quantitative estimate of drug-likeness (QED) is 0.538. The average molecular weight is 345 g/mol. The molecular weight excluding hydrogens is 318 g/mol. The van der Waals surface area contributed by atoms with Crippen molar-refractivity contribution in [2.75, 3.05) is 18.4 Å². The number of hydrogen-bond acceptors (Lipinski definition) is 4. The number of nitrogens with zero attached hydrogens (tertiary/aromatic N) is 2. The van der Waals surface area contributed by atoms with E-state index in [-0.39, 0.29) is 5.91 Å². The summed E-state index contributed by atoms with van der Waals surface area (Å²) in [5, 5.41) is 9.48. The second-order valence-corrected chi connectivity index (χ2v) is 6.64. The zero-order valence-electron chi connectivity index (χ0n) is 14.9. The largest absolute Gasteiger partial charge is 0.373 e. The smallest absolute Gasteiger partial charge is 0.227 e. The number of aromatic nitrogens is 1. The Bertz CT molecular complexity index is 616. The molecule has 2 aliphatic heterocycles. The number of amides is 1. The third kappa shape index (κ3) is 4.92. The van der Waals surface area contributed by atoms with Crippen molar-refractivity contribution < 1.29 is 9.53 Å². The molecule has 136 valence electrons. The second-order valence-electron chi connectivity index (χ2n) is 6.64. The Kier molecular flexibility index (Phi) is 5.86. The Morgan fingerprint density at radius 1 is 1.40 bits per heavy atom. The molecule has 0 aliphatic carbocycles. The van der Waals surface area contributed by atoms with Crippen molar-refractivity contribution in [2.24, 2.45) is 4.99 Å².